The summed E-state index contributed by atoms with van der Waals surface area (Å²) in [5.74, 6) is -0.389. The fraction of sp³-hybridized carbons (Fsp3) is 0.294. The van der Waals surface area contributed by atoms with Gasteiger partial charge in [-0.2, -0.15) is 0 Å². The number of hydrogen-bond acceptors (Lipinski definition) is 1. The molecule has 2 unspecified atom stereocenters. The van der Waals surface area contributed by atoms with Crippen LogP contribution in [-0.2, 0) is 6.42 Å². The van der Waals surface area contributed by atoms with E-state index in [0.29, 0.717) is 0 Å². The zero-order valence-corrected chi connectivity index (χ0v) is 13.5. The van der Waals surface area contributed by atoms with Crippen LogP contribution in [0.4, 0.5) is 4.39 Å². The first kappa shape index (κ1) is 16.3. The molecule has 0 aliphatic carbocycles. The molecule has 0 amide bonds. The SMILES string of the molecule is CC(Cc1cccc(Cl)c1)NC(C)c1ccc(F)c(Cl)c1. The van der Waals surface area contributed by atoms with Gasteiger partial charge in [0.15, 0.2) is 0 Å². The highest BCUT2D eigenvalue weighted by Crippen LogP contribution is 2.21. The van der Waals surface area contributed by atoms with E-state index in [-0.39, 0.29) is 22.9 Å². The highest BCUT2D eigenvalue weighted by Gasteiger charge is 2.12. The minimum Gasteiger partial charge on any atom is -0.307 e. The van der Waals surface area contributed by atoms with Crippen molar-refractivity contribution in [2.75, 3.05) is 0 Å². The molecular weight excluding hydrogens is 308 g/mol. The van der Waals surface area contributed by atoms with Crippen LogP contribution >= 0.6 is 23.2 Å². The van der Waals surface area contributed by atoms with Crippen molar-refractivity contribution in [1.29, 1.82) is 0 Å². The van der Waals surface area contributed by atoms with Crippen molar-refractivity contribution in [3.05, 3.63) is 69.5 Å². The van der Waals surface area contributed by atoms with Gasteiger partial charge >= 0.3 is 0 Å². The molecule has 0 aliphatic heterocycles. The lowest BCUT2D eigenvalue weighted by molar-refractivity contribution is 0.476. The molecule has 0 fully saturated rings. The molecule has 0 bridgehead atoms. The summed E-state index contributed by atoms with van der Waals surface area (Å²) in [6.45, 7) is 4.15. The van der Waals surface area contributed by atoms with Gasteiger partial charge in [0.2, 0.25) is 0 Å². The number of benzene rings is 2. The van der Waals surface area contributed by atoms with E-state index in [1.165, 1.54) is 11.6 Å². The monoisotopic (exact) mass is 325 g/mol. The van der Waals surface area contributed by atoms with Gasteiger partial charge in [0, 0.05) is 17.1 Å². The molecule has 1 N–H and O–H groups in total. The Morgan fingerprint density at radius 1 is 1.10 bits per heavy atom. The third-order valence-electron chi connectivity index (χ3n) is 3.41. The van der Waals surface area contributed by atoms with Crippen LogP contribution in [0.25, 0.3) is 0 Å². The summed E-state index contributed by atoms with van der Waals surface area (Å²) in [6.07, 6.45) is 0.875. The maximum atomic E-state index is 13.2. The second-order valence-electron chi connectivity index (χ2n) is 5.30. The van der Waals surface area contributed by atoms with Gasteiger partial charge in [-0.15, -0.1) is 0 Å². The molecule has 2 rings (SSSR count). The van der Waals surface area contributed by atoms with Crippen LogP contribution in [0.1, 0.15) is 31.0 Å². The van der Waals surface area contributed by atoms with Gasteiger partial charge in [-0.1, -0.05) is 41.4 Å². The highest BCUT2D eigenvalue weighted by molar-refractivity contribution is 6.31. The first-order valence-corrected chi connectivity index (χ1v) is 7.66. The van der Waals surface area contributed by atoms with Crippen LogP contribution in [0.3, 0.4) is 0 Å². The smallest absolute Gasteiger partial charge is 0.141 e. The fourth-order valence-corrected chi connectivity index (χ4v) is 2.78. The molecule has 21 heavy (non-hydrogen) atoms. The Morgan fingerprint density at radius 3 is 2.52 bits per heavy atom. The van der Waals surface area contributed by atoms with E-state index in [2.05, 4.69) is 18.3 Å². The summed E-state index contributed by atoms with van der Waals surface area (Å²) < 4.78 is 13.2. The molecule has 0 radical (unpaired) electrons. The van der Waals surface area contributed by atoms with E-state index in [0.717, 1.165) is 17.0 Å². The molecule has 112 valence electrons. The van der Waals surface area contributed by atoms with Crippen molar-refractivity contribution >= 4 is 23.2 Å². The van der Waals surface area contributed by atoms with Crippen LogP contribution < -0.4 is 5.32 Å². The molecule has 4 heteroatoms. The Kier molecular flexibility index (Phi) is 5.63. The average Bonchev–Trinajstić information content (AvgIpc) is 2.41. The minimum absolute atomic E-state index is 0.0947. The third kappa shape index (κ3) is 4.70. The van der Waals surface area contributed by atoms with Gasteiger partial charge in [0.1, 0.15) is 5.82 Å². The van der Waals surface area contributed by atoms with E-state index < -0.39 is 0 Å². The van der Waals surface area contributed by atoms with Crippen LogP contribution in [0.2, 0.25) is 10.0 Å². The molecule has 1 nitrogen and oxygen atoms in total. The molecule has 0 saturated heterocycles. The van der Waals surface area contributed by atoms with Crippen molar-refractivity contribution in [3.63, 3.8) is 0 Å². The summed E-state index contributed by atoms with van der Waals surface area (Å²) in [7, 11) is 0. The Hall–Kier alpha value is -1.09. The normalized spacial score (nSPS) is 14.0. The number of nitrogens with one attached hydrogen (secondary N) is 1. The molecule has 0 spiro atoms. The summed E-state index contributed by atoms with van der Waals surface area (Å²) in [5, 5.41) is 4.39. The topological polar surface area (TPSA) is 12.0 Å². The van der Waals surface area contributed by atoms with Crippen molar-refractivity contribution in [1.82, 2.24) is 5.32 Å². The van der Waals surface area contributed by atoms with Gasteiger partial charge in [-0.05, 0) is 55.7 Å². The van der Waals surface area contributed by atoms with Crippen LogP contribution in [0.15, 0.2) is 42.5 Å². The lowest BCUT2D eigenvalue weighted by Crippen LogP contribution is -2.30. The Balaban J connectivity index is 1.98. The largest absolute Gasteiger partial charge is 0.307 e. The molecule has 2 atom stereocenters. The van der Waals surface area contributed by atoms with Gasteiger partial charge in [0.25, 0.3) is 0 Å². The summed E-state index contributed by atoms with van der Waals surface area (Å²) >= 11 is 11.8. The average molecular weight is 326 g/mol. The van der Waals surface area contributed by atoms with Gasteiger partial charge in [-0.25, -0.2) is 4.39 Å². The molecular formula is C17H18Cl2FN. The molecule has 2 aromatic carbocycles. The second-order valence-corrected chi connectivity index (χ2v) is 6.14. The zero-order valence-electron chi connectivity index (χ0n) is 12.0. The lowest BCUT2D eigenvalue weighted by Gasteiger charge is -2.21. The fourth-order valence-electron chi connectivity index (χ4n) is 2.38. The minimum atomic E-state index is -0.389. The van der Waals surface area contributed by atoms with E-state index in [4.69, 9.17) is 23.2 Å². The molecule has 0 aliphatic rings. The summed E-state index contributed by atoms with van der Waals surface area (Å²) in [6, 6.07) is 13.0. The van der Waals surface area contributed by atoms with Gasteiger partial charge in [-0.3, -0.25) is 0 Å². The third-order valence-corrected chi connectivity index (χ3v) is 3.93. The maximum Gasteiger partial charge on any atom is 0.141 e. The van der Waals surface area contributed by atoms with Crippen LogP contribution in [0, 0.1) is 5.82 Å². The quantitative estimate of drug-likeness (QED) is 0.774. The van der Waals surface area contributed by atoms with Crippen molar-refractivity contribution < 1.29 is 4.39 Å². The van der Waals surface area contributed by atoms with E-state index in [1.54, 1.807) is 12.1 Å². The predicted octanol–water partition coefficient (Wildman–Crippen LogP) is 5.41. The maximum absolute atomic E-state index is 13.2. The van der Waals surface area contributed by atoms with Crippen molar-refractivity contribution in [3.8, 4) is 0 Å². The predicted molar refractivity (Wildman–Crippen MR) is 87.6 cm³/mol. The Labute approximate surface area is 135 Å². The van der Waals surface area contributed by atoms with E-state index in [1.807, 2.05) is 25.1 Å². The Bertz CT molecular complexity index is 615. The van der Waals surface area contributed by atoms with E-state index >= 15 is 0 Å². The van der Waals surface area contributed by atoms with E-state index in [9.17, 15) is 4.39 Å². The molecule has 0 aromatic heterocycles. The van der Waals surface area contributed by atoms with Crippen molar-refractivity contribution in [2.24, 2.45) is 0 Å². The molecule has 2 aromatic rings. The second kappa shape index (κ2) is 7.26. The molecule has 0 saturated carbocycles. The standard InChI is InChI=1S/C17H18Cl2FN/c1-11(8-13-4-3-5-15(18)9-13)21-12(2)14-6-7-17(20)16(19)10-14/h3-7,9-12,21H,8H2,1-2H3. The van der Waals surface area contributed by atoms with Crippen LogP contribution in [-0.4, -0.2) is 6.04 Å². The van der Waals surface area contributed by atoms with Crippen LogP contribution in [0.5, 0.6) is 0 Å². The first-order chi connectivity index (χ1) is 9.95. The lowest BCUT2D eigenvalue weighted by atomic mass is 10.0. The first-order valence-electron chi connectivity index (χ1n) is 6.91. The number of rotatable bonds is 5. The zero-order chi connectivity index (χ0) is 15.4. The van der Waals surface area contributed by atoms with Gasteiger partial charge < -0.3 is 5.32 Å². The highest BCUT2D eigenvalue weighted by atomic mass is 35.5. The summed E-state index contributed by atoms with van der Waals surface area (Å²) in [4.78, 5) is 0. The summed E-state index contributed by atoms with van der Waals surface area (Å²) in [5.41, 5.74) is 2.16. The number of halogens is 3. The molecule has 0 heterocycles. The van der Waals surface area contributed by atoms with Crippen molar-refractivity contribution in [2.45, 2.75) is 32.4 Å². The number of hydrogen-bond donors (Lipinski definition) is 1. The van der Waals surface area contributed by atoms with Gasteiger partial charge in [0.05, 0.1) is 5.02 Å². The Morgan fingerprint density at radius 2 is 1.86 bits per heavy atom.